The van der Waals surface area contributed by atoms with E-state index in [4.69, 9.17) is 9.15 Å². The molecule has 1 aromatic heterocycles. The zero-order chi connectivity index (χ0) is 21.4. The Bertz CT molecular complexity index is 1170. The lowest BCUT2D eigenvalue weighted by Crippen LogP contribution is -2.38. The maximum atomic E-state index is 13.4. The van der Waals surface area contributed by atoms with E-state index in [2.05, 4.69) is 20.8 Å². The molecule has 7 heteroatoms. The number of benzene rings is 2. The summed E-state index contributed by atoms with van der Waals surface area (Å²) in [5.41, 5.74) is 1.67. The third-order valence-corrected chi connectivity index (χ3v) is 6.56. The number of carbonyl (C=O) groups excluding carboxylic acids is 1. The Hall–Kier alpha value is -2.48. The molecule has 2 aliphatic heterocycles. The van der Waals surface area contributed by atoms with Crippen LogP contribution in [0.4, 0.5) is 0 Å². The highest BCUT2D eigenvalue weighted by Crippen LogP contribution is 2.38. The van der Waals surface area contributed by atoms with Crippen molar-refractivity contribution in [2.75, 3.05) is 39.4 Å². The molecule has 0 aliphatic carbocycles. The van der Waals surface area contributed by atoms with Gasteiger partial charge in [0.25, 0.3) is 5.91 Å². The van der Waals surface area contributed by atoms with Crippen molar-refractivity contribution < 1.29 is 13.9 Å². The van der Waals surface area contributed by atoms with Crippen LogP contribution in [-0.2, 0) is 4.74 Å². The van der Waals surface area contributed by atoms with Gasteiger partial charge < -0.3 is 14.1 Å². The van der Waals surface area contributed by atoms with Crippen molar-refractivity contribution in [1.29, 1.82) is 0 Å². The van der Waals surface area contributed by atoms with Crippen LogP contribution in [-0.4, -0.2) is 55.1 Å². The molecule has 5 rings (SSSR count). The van der Waals surface area contributed by atoms with Crippen LogP contribution in [0, 0.1) is 0 Å². The van der Waals surface area contributed by atoms with Crippen LogP contribution in [0.25, 0.3) is 11.0 Å². The molecule has 2 aliphatic rings. The number of fused-ring (bicyclic) bond motifs is 2. The van der Waals surface area contributed by atoms with E-state index >= 15 is 0 Å². The number of para-hydroxylation sites is 1. The van der Waals surface area contributed by atoms with Gasteiger partial charge in [0.15, 0.2) is 5.43 Å². The number of halogens is 1. The summed E-state index contributed by atoms with van der Waals surface area (Å²) in [5, 5.41) is 0.506. The normalized spacial score (nSPS) is 19.2. The molecular formula is C24H23BrN2O4. The smallest absolute Gasteiger partial charge is 0.290 e. The first-order valence-electron chi connectivity index (χ1n) is 10.6. The maximum absolute atomic E-state index is 13.4. The number of morpholine rings is 1. The summed E-state index contributed by atoms with van der Waals surface area (Å²) in [6, 6.07) is 14.5. The molecule has 0 saturated carbocycles. The zero-order valence-electron chi connectivity index (χ0n) is 17.1. The van der Waals surface area contributed by atoms with Gasteiger partial charge in [-0.2, -0.15) is 0 Å². The van der Waals surface area contributed by atoms with E-state index in [0.717, 1.165) is 49.3 Å². The molecule has 1 saturated heterocycles. The van der Waals surface area contributed by atoms with Gasteiger partial charge in [0.1, 0.15) is 5.58 Å². The van der Waals surface area contributed by atoms with Crippen molar-refractivity contribution in [3.05, 3.63) is 80.1 Å². The highest BCUT2D eigenvalue weighted by atomic mass is 79.9. The van der Waals surface area contributed by atoms with Crippen LogP contribution in [0.1, 0.15) is 34.1 Å². The minimum absolute atomic E-state index is 0.131. The highest BCUT2D eigenvalue weighted by molar-refractivity contribution is 9.10. The van der Waals surface area contributed by atoms with Crippen molar-refractivity contribution in [3.8, 4) is 0 Å². The van der Waals surface area contributed by atoms with E-state index < -0.39 is 6.04 Å². The van der Waals surface area contributed by atoms with Gasteiger partial charge in [0.2, 0.25) is 5.76 Å². The lowest BCUT2D eigenvalue weighted by molar-refractivity contribution is 0.0353. The number of ether oxygens (including phenoxy) is 1. The predicted molar refractivity (Wildman–Crippen MR) is 121 cm³/mol. The summed E-state index contributed by atoms with van der Waals surface area (Å²) in [5.74, 6) is -0.0456. The van der Waals surface area contributed by atoms with Gasteiger partial charge in [-0.15, -0.1) is 0 Å². The van der Waals surface area contributed by atoms with E-state index in [1.54, 1.807) is 17.0 Å². The van der Waals surface area contributed by atoms with Gasteiger partial charge in [-0.05, 0) is 36.2 Å². The van der Waals surface area contributed by atoms with E-state index in [1.807, 2.05) is 36.4 Å². The molecular weight excluding hydrogens is 460 g/mol. The van der Waals surface area contributed by atoms with Crippen LogP contribution < -0.4 is 5.43 Å². The SMILES string of the molecule is O=C1c2oc3ccccc3c(=O)c2C(c2ccc(Br)cc2)N1CCCN1CCOCC1. The Labute approximate surface area is 188 Å². The van der Waals surface area contributed by atoms with Gasteiger partial charge in [0, 0.05) is 30.7 Å². The van der Waals surface area contributed by atoms with Crippen molar-refractivity contribution in [1.82, 2.24) is 9.80 Å². The fraction of sp³-hybridized carbons (Fsp3) is 0.333. The van der Waals surface area contributed by atoms with E-state index in [0.29, 0.717) is 23.1 Å². The topological polar surface area (TPSA) is 63.0 Å². The van der Waals surface area contributed by atoms with Crippen LogP contribution in [0.2, 0.25) is 0 Å². The first-order valence-corrected chi connectivity index (χ1v) is 11.3. The predicted octanol–water partition coefficient (Wildman–Crippen LogP) is 3.82. The summed E-state index contributed by atoms with van der Waals surface area (Å²) >= 11 is 3.47. The molecule has 6 nitrogen and oxygen atoms in total. The molecule has 1 amide bonds. The lowest BCUT2D eigenvalue weighted by atomic mass is 9.98. The molecule has 160 valence electrons. The summed E-state index contributed by atoms with van der Waals surface area (Å²) in [6.45, 7) is 4.77. The Kier molecular flexibility index (Phi) is 5.65. The monoisotopic (exact) mass is 482 g/mol. The number of nitrogens with zero attached hydrogens (tertiary/aromatic N) is 2. The Morgan fingerprint density at radius 3 is 2.48 bits per heavy atom. The molecule has 1 fully saturated rings. The van der Waals surface area contributed by atoms with Crippen LogP contribution in [0.15, 0.2) is 62.2 Å². The van der Waals surface area contributed by atoms with Gasteiger partial charge in [-0.25, -0.2) is 0 Å². The van der Waals surface area contributed by atoms with Gasteiger partial charge in [-0.1, -0.05) is 40.2 Å². The summed E-state index contributed by atoms with van der Waals surface area (Å²) in [4.78, 5) is 30.9. The average Bonchev–Trinajstić information content (AvgIpc) is 3.07. The van der Waals surface area contributed by atoms with Crippen molar-refractivity contribution in [3.63, 3.8) is 0 Å². The summed E-state index contributed by atoms with van der Waals surface area (Å²) in [6.07, 6.45) is 0.820. The number of hydrogen-bond donors (Lipinski definition) is 0. The molecule has 0 spiro atoms. The largest absolute Gasteiger partial charge is 0.450 e. The molecule has 3 heterocycles. The molecule has 3 aromatic rings. The second-order valence-electron chi connectivity index (χ2n) is 7.93. The quantitative estimate of drug-likeness (QED) is 0.552. The fourth-order valence-corrected chi connectivity index (χ4v) is 4.74. The molecule has 0 radical (unpaired) electrons. The Balaban J connectivity index is 1.52. The van der Waals surface area contributed by atoms with Gasteiger partial charge in [0.05, 0.1) is 30.2 Å². The highest BCUT2D eigenvalue weighted by Gasteiger charge is 2.42. The zero-order valence-corrected chi connectivity index (χ0v) is 18.6. The first-order chi connectivity index (χ1) is 15.1. The Morgan fingerprint density at radius 2 is 1.71 bits per heavy atom. The molecule has 0 N–H and O–H groups in total. The molecule has 1 unspecified atom stereocenters. The average molecular weight is 483 g/mol. The number of carbonyl (C=O) groups is 1. The molecule has 1 atom stereocenters. The summed E-state index contributed by atoms with van der Waals surface area (Å²) < 4.78 is 12.3. The molecule has 0 bridgehead atoms. The second-order valence-corrected chi connectivity index (χ2v) is 8.85. The minimum Gasteiger partial charge on any atom is -0.450 e. The lowest BCUT2D eigenvalue weighted by Gasteiger charge is -2.29. The first kappa shape index (κ1) is 20.4. The van der Waals surface area contributed by atoms with Crippen molar-refractivity contribution >= 4 is 32.8 Å². The fourth-order valence-electron chi connectivity index (χ4n) is 4.48. The van der Waals surface area contributed by atoms with Gasteiger partial charge in [-0.3, -0.25) is 14.5 Å². The van der Waals surface area contributed by atoms with E-state index in [-0.39, 0.29) is 17.1 Å². The standard InChI is InChI=1S/C24H23BrN2O4/c25-17-8-6-16(7-9-17)21-20-22(28)18-4-1-2-5-19(18)31-23(20)24(29)27(21)11-3-10-26-12-14-30-15-13-26/h1-2,4-9,21H,3,10-15H2. The number of amides is 1. The van der Waals surface area contributed by atoms with E-state index in [9.17, 15) is 9.59 Å². The second kappa shape index (κ2) is 8.57. The number of hydrogen-bond acceptors (Lipinski definition) is 5. The summed E-state index contributed by atoms with van der Waals surface area (Å²) in [7, 11) is 0. The van der Waals surface area contributed by atoms with Crippen LogP contribution in [0.5, 0.6) is 0 Å². The van der Waals surface area contributed by atoms with E-state index in [1.165, 1.54) is 0 Å². The van der Waals surface area contributed by atoms with Crippen molar-refractivity contribution in [2.45, 2.75) is 12.5 Å². The number of rotatable bonds is 5. The molecule has 2 aromatic carbocycles. The van der Waals surface area contributed by atoms with Gasteiger partial charge >= 0.3 is 0 Å². The third-order valence-electron chi connectivity index (χ3n) is 6.04. The van der Waals surface area contributed by atoms with Crippen LogP contribution >= 0.6 is 15.9 Å². The third kappa shape index (κ3) is 3.82. The molecule has 31 heavy (non-hydrogen) atoms. The minimum atomic E-state index is -0.443. The maximum Gasteiger partial charge on any atom is 0.290 e. The van der Waals surface area contributed by atoms with Crippen LogP contribution in [0.3, 0.4) is 0 Å². The Morgan fingerprint density at radius 1 is 0.968 bits per heavy atom. The van der Waals surface area contributed by atoms with Crippen molar-refractivity contribution in [2.24, 2.45) is 0 Å².